The summed E-state index contributed by atoms with van der Waals surface area (Å²) in [5, 5.41) is 4.56. The fourth-order valence-electron chi connectivity index (χ4n) is 2.40. The minimum atomic E-state index is 0.193. The summed E-state index contributed by atoms with van der Waals surface area (Å²) in [6, 6.07) is 12.1. The zero-order valence-corrected chi connectivity index (χ0v) is 12.6. The molecule has 3 rings (SSSR count). The number of anilines is 1. The van der Waals surface area contributed by atoms with Crippen LogP contribution in [0.4, 0.5) is 5.69 Å². The number of benzene rings is 2. The molecule has 2 nitrogen and oxygen atoms in total. The molecule has 1 atom stereocenters. The monoisotopic (exact) mass is 307 g/mol. The van der Waals surface area contributed by atoms with Crippen molar-refractivity contribution in [3.05, 3.63) is 57.6 Å². The molecule has 0 amide bonds. The molecule has 104 valence electrons. The van der Waals surface area contributed by atoms with Crippen molar-refractivity contribution in [2.45, 2.75) is 19.4 Å². The highest BCUT2D eigenvalue weighted by Crippen LogP contribution is 2.31. The van der Waals surface area contributed by atoms with E-state index in [1.54, 1.807) is 6.07 Å². The molecule has 0 saturated carbocycles. The first-order valence-corrected chi connectivity index (χ1v) is 7.36. The van der Waals surface area contributed by atoms with E-state index >= 15 is 0 Å². The summed E-state index contributed by atoms with van der Waals surface area (Å²) >= 11 is 12.0. The maximum atomic E-state index is 6.03. The normalized spacial score (nSPS) is 14.6. The Bertz CT molecular complexity index is 642. The van der Waals surface area contributed by atoms with Gasteiger partial charge in [-0.15, -0.1) is 0 Å². The van der Waals surface area contributed by atoms with Gasteiger partial charge in [0.1, 0.15) is 5.75 Å². The van der Waals surface area contributed by atoms with Gasteiger partial charge in [0, 0.05) is 18.2 Å². The maximum Gasteiger partial charge on any atom is 0.122 e. The van der Waals surface area contributed by atoms with Gasteiger partial charge in [0.2, 0.25) is 0 Å². The number of halogens is 2. The van der Waals surface area contributed by atoms with Gasteiger partial charge in [0.15, 0.2) is 0 Å². The van der Waals surface area contributed by atoms with Crippen LogP contribution in [0.5, 0.6) is 5.75 Å². The van der Waals surface area contributed by atoms with Crippen molar-refractivity contribution in [3.63, 3.8) is 0 Å². The Balaban J connectivity index is 1.78. The zero-order chi connectivity index (χ0) is 14.1. The van der Waals surface area contributed by atoms with Crippen molar-refractivity contribution in [2.75, 3.05) is 11.9 Å². The first kappa shape index (κ1) is 13.6. The van der Waals surface area contributed by atoms with Crippen LogP contribution in [0.15, 0.2) is 36.4 Å². The molecule has 20 heavy (non-hydrogen) atoms. The van der Waals surface area contributed by atoms with Crippen molar-refractivity contribution < 1.29 is 4.74 Å². The van der Waals surface area contributed by atoms with Crippen molar-refractivity contribution in [3.8, 4) is 5.75 Å². The number of rotatable bonds is 3. The largest absolute Gasteiger partial charge is 0.493 e. The zero-order valence-electron chi connectivity index (χ0n) is 11.1. The van der Waals surface area contributed by atoms with Crippen LogP contribution in [0.3, 0.4) is 0 Å². The van der Waals surface area contributed by atoms with Gasteiger partial charge in [0.25, 0.3) is 0 Å². The van der Waals surface area contributed by atoms with E-state index in [0.29, 0.717) is 10.0 Å². The van der Waals surface area contributed by atoms with Gasteiger partial charge in [-0.25, -0.2) is 0 Å². The van der Waals surface area contributed by atoms with Crippen LogP contribution < -0.4 is 10.1 Å². The predicted octanol–water partition coefficient (Wildman–Crippen LogP) is 5.10. The minimum Gasteiger partial charge on any atom is -0.493 e. The Kier molecular flexibility index (Phi) is 3.77. The molecule has 2 aromatic rings. The number of hydrogen-bond acceptors (Lipinski definition) is 2. The summed E-state index contributed by atoms with van der Waals surface area (Å²) in [6.45, 7) is 2.91. The lowest BCUT2D eigenvalue weighted by Gasteiger charge is -2.17. The van der Waals surface area contributed by atoms with Gasteiger partial charge in [-0.2, -0.15) is 0 Å². The average molecular weight is 308 g/mol. The second kappa shape index (κ2) is 5.55. The molecule has 0 saturated heterocycles. The number of hydrogen-bond donors (Lipinski definition) is 1. The fourth-order valence-corrected chi connectivity index (χ4v) is 2.69. The Morgan fingerprint density at radius 1 is 1.10 bits per heavy atom. The highest BCUT2D eigenvalue weighted by Gasteiger charge is 2.14. The third kappa shape index (κ3) is 2.72. The summed E-state index contributed by atoms with van der Waals surface area (Å²) in [5.74, 6) is 1.01. The average Bonchev–Trinajstić information content (AvgIpc) is 2.90. The summed E-state index contributed by atoms with van der Waals surface area (Å²) in [4.78, 5) is 0. The molecule has 2 aromatic carbocycles. The Labute approximate surface area is 128 Å². The molecule has 0 aliphatic carbocycles. The Morgan fingerprint density at radius 2 is 1.95 bits per heavy atom. The Hall–Kier alpha value is -1.38. The van der Waals surface area contributed by atoms with Crippen LogP contribution >= 0.6 is 23.2 Å². The molecular formula is C16H15Cl2NO. The highest BCUT2D eigenvalue weighted by atomic mass is 35.5. The summed E-state index contributed by atoms with van der Waals surface area (Å²) < 4.78 is 5.53. The van der Waals surface area contributed by atoms with E-state index in [9.17, 15) is 0 Å². The SMILES string of the molecule is CC(Nc1ccc(Cl)c(Cl)c1)c1ccc2c(c1)CCO2. The lowest BCUT2D eigenvalue weighted by Crippen LogP contribution is -2.06. The molecule has 1 aliphatic heterocycles. The van der Waals surface area contributed by atoms with E-state index in [1.165, 1.54) is 11.1 Å². The van der Waals surface area contributed by atoms with Crippen LogP contribution in [-0.2, 0) is 6.42 Å². The van der Waals surface area contributed by atoms with Gasteiger partial charge < -0.3 is 10.1 Å². The molecule has 1 N–H and O–H groups in total. The number of ether oxygens (including phenoxy) is 1. The summed E-state index contributed by atoms with van der Waals surface area (Å²) in [5.41, 5.74) is 3.48. The van der Waals surface area contributed by atoms with E-state index in [-0.39, 0.29) is 6.04 Å². The van der Waals surface area contributed by atoms with Gasteiger partial charge in [-0.3, -0.25) is 0 Å². The summed E-state index contributed by atoms with van der Waals surface area (Å²) in [6.07, 6.45) is 0.989. The van der Waals surface area contributed by atoms with Crippen LogP contribution in [0.2, 0.25) is 10.0 Å². The second-order valence-electron chi connectivity index (χ2n) is 4.96. The van der Waals surface area contributed by atoms with Crippen molar-refractivity contribution in [1.29, 1.82) is 0 Å². The van der Waals surface area contributed by atoms with Gasteiger partial charge >= 0.3 is 0 Å². The topological polar surface area (TPSA) is 21.3 Å². The van der Waals surface area contributed by atoms with Crippen molar-refractivity contribution in [2.24, 2.45) is 0 Å². The highest BCUT2D eigenvalue weighted by molar-refractivity contribution is 6.42. The minimum absolute atomic E-state index is 0.193. The molecular weight excluding hydrogens is 293 g/mol. The van der Waals surface area contributed by atoms with Crippen LogP contribution in [-0.4, -0.2) is 6.61 Å². The number of nitrogens with one attached hydrogen (secondary N) is 1. The third-order valence-corrected chi connectivity index (χ3v) is 4.26. The molecule has 1 unspecified atom stereocenters. The van der Waals surface area contributed by atoms with Gasteiger partial charge in [0.05, 0.1) is 16.7 Å². The molecule has 0 fully saturated rings. The molecule has 0 aromatic heterocycles. The van der Waals surface area contributed by atoms with Crippen LogP contribution in [0, 0.1) is 0 Å². The summed E-state index contributed by atoms with van der Waals surface area (Å²) in [7, 11) is 0. The van der Waals surface area contributed by atoms with Crippen molar-refractivity contribution in [1.82, 2.24) is 0 Å². The molecule has 0 bridgehead atoms. The fraction of sp³-hybridized carbons (Fsp3) is 0.250. The molecule has 1 aliphatic rings. The van der Waals surface area contributed by atoms with Gasteiger partial charge in [-0.1, -0.05) is 29.3 Å². The van der Waals surface area contributed by atoms with E-state index in [4.69, 9.17) is 27.9 Å². The van der Waals surface area contributed by atoms with E-state index < -0.39 is 0 Å². The standard InChI is InChI=1S/C16H15Cl2NO/c1-10(19-13-3-4-14(17)15(18)9-13)11-2-5-16-12(8-11)6-7-20-16/h2-5,8-10,19H,6-7H2,1H3. The van der Waals surface area contributed by atoms with Crippen LogP contribution in [0.1, 0.15) is 24.1 Å². The molecule has 0 radical (unpaired) electrons. The van der Waals surface area contributed by atoms with E-state index in [0.717, 1.165) is 24.5 Å². The molecule has 4 heteroatoms. The predicted molar refractivity (Wildman–Crippen MR) is 84.1 cm³/mol. The second-order valence-corrected chi connectivity index (χ2v) is 5.77. The van der Waals surface area contributed by atoms with Crippen LogP contribution in [0.25, 0.3) is 0 Å². The maximum absolute atomic E-state index is 6.03. The molecule has 1 heterocycles. The van der Waals surface area contributed by atoms with Gasteiger partial charge in [-0.05, 0) is 48.4 Å². The first-order valence-electron chi connectivity index (χ1n) is 6.61. The quantitative estimate of drug-likeness (QED) is 0.851. The third-order valence-electron chi connectivity index (χ3n) is 3.52. The number of fused-ring (bicyclic) bond motifs is 1. The van der Waals surface area contributed by atoms with E-state index in [2.05, 4.69) is 24.4 Å². The smallest absolute Gasteiger partial charge is 0.122 e. The lowest BCUT2D eigenvalue weighted by molar-refractivity contribution is 0.357. The lowest BCUT2D eigenvalue weighted by atomic mass is 10.0. The van der Waals surface area contributed by atoms with E-state index in [1.807, 2.05) is 18.2 Å². The first-order chi connectivity index (χ1) is 9.63. The molecule has 0 spiro atoms. The van der Waals surface area contributed by atoms with Crippen molar-refractivity contribution >= 4 is 28.9 Å². The Morgan fingerprint density at radius 3 is 2.75 bits per heavy atom.